The van der Waals surface area contributed by atoms with Crippen molar-refractivity contribution in [3.63, 3.8) is 0 Å². The van der Waals surface area contributed by atoms with Gasteiger partial charge in [0.1, 0.15) is 5.84 Å². The SMILES string of the molecule is Cc1cc(Sc2nccn2C)c(C(=N)N)c(C)n1. The molecule has 5 nitrogen and oxygen atoms in total. The van der Waals surface area contributed by atoms with Gasteiger partial charge in [-0.05, 0) is 19.9 Å². The number of nitrogens with zero attached hydrogens (tertiary/aromatic N) is 3. The first-order valence-corrected chi connectivity index (χ1v) is 6.28. The Morgan fingerprint density at radius 2 is 2.17 bits per heavy atom. The van der Waals surface area contributed by atoms with Crippen LogP contribution in [0.25, 0.3) is 0 Å². The van der Waals surface area contributed by atoms with Gasteiger partial charge in [0.05, 0.1) is 5.56 Å². The van der Waals surface area contributed by atoms with E-state index in [0.29, 0.717) is 5.56 Å². The molecule has 2 aromatic heterocycles. The van der Waals surface area contributed by atoms with Gasteiger partial charge in [0.2, 0.25) is 0 Å². The van der Waals surface area contributed by atoms with E-state index in [-0.39, 0.29) is 5.84 Å². The van der Waals surface area contributed by atoms with Crippen molar-refractivity contribution >= 4 is 17.6 Å². The van der Waals surface area contributed by atoms with Gasteiger partial charge in [-0.25, -0.2) is 4.98 Å². The maximum Gasteiger partial charge on any atom is 0.172 e. The van der Waals surface area contributed by atoms with Gasteiger partial charge >= 0.3 is 0 Å². The van der Waals surface area contributed by atoms with Crippen molar-refractivity contribution in [2.45, 2.75) is 23.9 Å². The second kappa shape index (κ2) is 4.81. The van der Waals surface area contributed by atoms with Crippen LogP contribution in [0.2, 0.25) is 0 Å². The zero-order valence-corrected chi connectivity index (χ0v) is 11.4. The fraction of sp³-hybridized carbons (Fsp3) is 0.250. The lowest BCUT2D eigenvalue weighted by atomic mass is 10.1. The van der Waals surface area contributed by atoms with Crippen LogP contribution in [0.5, 0.6) is 0 Å². The minimum absolute atomic E-state index is 0.0386. The Morgan fingerprint density at radius 3 is 2.72 bits per heavy atom. The number of imidazole rings is 1. The smallest absolute Gasteiger partial charge is 0.172 e. The molecule has 2 heterocycles. The van der Waals surface area contributed by atoms with Crippen molar-refractivity contribution in [2.24, 2.45) is 12.8 Å². The lowest BCUT2D eigenvalue weighted by Gasteiger charge is -2.11. The molecular weight excluding hydrogens is 246 g/mol. The van der Waals surface area contributed by atoms with E-state index in [1.165, 1.54) is 11.8 Å². The molecule has 0 aliphatic carbocycles. The fourth-order valence-corrected chi connectivity index (χ4v) is 2.85. The minimum atomic E-state index is 0.0386. The lowest BCUT2D eigenvalue weighted by molar-refractivity contribution is 0.790. The van der Waals surface area contributed by atoms with Crippen molar-refractivity contribution in [3.8, 4) is 0 Å². The van der Waals surface area contributed by atoms with Gasteiger partial charge < -0.3 is 10.3 Å². The molecule has 2 aromatic rings. The Labute approximate surface area is 110 Å². The van der Waals surface area contributed by atoms with Crippen LogP contribution in [0, 0.1) is 19.3 Å². The van der Waals surface area contributed by atoms with Crippen LogP contribution in [-0.2, 0) is 7.05 Å². The molecule has 0 aliphatic rings. The van der Waals surface area contributed by atoms with Gasteiger partial charge in [-0.15, -0.1) is 0 Å². The van der Waals surface area contributed by atoms with E-state index < -0.39 is 0 Å². The van der Waals surface area contributed by atoms with Gasteiger partial charge in [0.25, 0.3) is 0 Å². The van der Waals surface area contributed by atoms with E-state index in [2.05, 4.69) is 9.97 Å². The van der Waals surface area contributed by atoms with Crippen LogP contribution in [0.4, 0.5) is 0 Å². The lowest BCUT2D eigenvalue weighted by Crippen LogP contribution is -2.15. The van der Waals surface area contributed by atoms with Gasteiger partial charge in [-0.3, -0.25) is 10.4 Å². The first-order chi connectivity index (χ1) is 8.49. The number of rotatable bonds is 3. The van der Waals surface area contributed by atoms with Crippen LogP contribution in [-0.4, -0.2) is 20.4 Å². The number of aryl methyl sites for hydroxylation is 3. The number of hydrogen-bond acceptors (Lipinski definition) is 4. The van der Waals surface area contributed by atoms with Gasteiger partial charge in [-0.1, -0.05) is 11.8 Å². The van der Waals surface area contributed by atoms with E-state index >= 15 is 0 Å². The molecule has 6 heteroatoms. The average molecular weight is 261 g/mol. The first-order valence-electron chi connectivity index (χ1n) is 5.47. The van der Waals surface area contributed by atoms with E-state index in [9.17, 15) is 0 Å². The van der Waals surface area contributed by atoms with Crippen molar-refractivity contribution < 1.29 is 0 Å². The number of hydrogen-bond donors (Lipinski definition) is 2. The molecule has 0 unspecified atom stereocenters. The van der Waals surface area contributed by atoms with E-state index in [1.807, 2.05) is 37.7 Å². The van der Waals surface area contributed by atoms with E-state index in [0.717, 1.165) is 21.4 Å². The molecule has 0 bridgehead atoms. The molecule has 0 amide bonds. The molecule has 0 radical (unpaired) electrons. The molecule has 0 saturated heterocycles. The minimum Gasteiger partial charge on any atom is -0.384 e. The highest BCUT2D eigenvalue weighted by molar-refractivity contribution is 7.99. The molecule has 2 rings (SSSR count). The number of aromatic nitrogens is 3. The molecule has 18 heavy (non-hydrogen) atoms. The highest BCUT2D eigenvalue weighted by Gasteiger charge is 2.14. The summed E-state index contributed by atoms with van der Waals surface area (Å²) in [6.07, 6.45) is 3.63. The molecule has 94 valence electrons. The second-order valence-corrected chi connectivity index (χ2v) is 5.07. The van der Waals surface area contributed by atoms with Crippen molar-refractivity contribution in [3.05, 3.63) is 35.4 Å². The fourth-order valence-electron chi connectivity index (χ4n) is 1.75. The van der Waals surface area contributed by atoms with Crippen LogP contribution < -0.4 is 5.73 Å². The maximum atomic E-state index is 7.67. The Kier molecular flexibility index (Phi) is 3.38. The Balaban J connectivity index is 2.49. The zero-order chi connectivity index (χ0) is 13.3. The highest BCUT2D eigenvalue weighted by Crippen LogP contribution is 2.30. The molecule has 3 N–H and O–H groups in total. The maximum absolute atomic E-state index is 7.67. The van der Waals surface area contributed by atoms with E-state index in [4.69, 9.17) is 11.1 Å². The Hall–Kier alpha value is -1.82. The van der Waals surface area contributed by atoms with Gasteiger partial charge in [-0.2, -0.15) is 0 Å². The standard InChI is InChI=1S/C12H15N5S/c1-7-6-9(10(11(13)14)8(2)16-7)18-12-15-4-5-17(12)3/h4-6H,1-3H3,(H3,13,14). The molecular formula is C12H15N5S. The topological polar surface area (TPSA) is 80.6 Å². The number of nitrogens with two attached hydrogens (primary N) is 1. The van der Waals surface area contributed by atoms with Gasteiger partial charge in [0, 0.05) is 35.7 Å². The Morgan fingerprint density at radius 1 is 1.44 bits per heavy atom. The summed E-state index contributed by atoms with van der Waals surface area (Å²) in [5, 5.41) is 8.53. The van der Waals surface area contributed by atoms with Crippen LogP contribution in [0.15, 0.2) is 28.5 Å². The van der Waals surface area contributed by atoms with Gasteiger partial charge in [0.15, 0.2) is 5.16 Å². The summed E-state index contributed by atoms with van der Waals surface area (Å²) in [4.78, 5) is 9.53. The predicted octanol–water partition coefficient (Wildman–Crippen LogP) is 1.87. The molecule has 0 atom stereocenters. The second-order valence-electron chi connectivity index (χ2n) is 4.06. The third-order valence-corrected chi connectivity index (χ3v) is 3.66. The quantitative estimate of drug-likeness (QED) is 0.653. The van der Waals surface area contributed by atoms with E-state index in [1.54, 1.807) is 6.20 Å². The predicted molar refractivity (Wildman–Crippen MR) is 72.1 cm³/mol. The van der Waals surface area contributed by atoms with Crippen molar-refractivity contribution in [1.82, 2.24) is 14.5 Å². The van der Waals surface area contributed by atoms with Crippen molar-refractivity contribution in [1.29, 1.82) is 5.41 Å². The largest absolute Gasteiger partial charge is 0.384 e. The summed E-state index contributed by atoms with van der Waals surface area (Å²) >= 11 is 1.50. The number of nitrogens with one attached hydrogen (secondary N) is 1. The highest BCUT2D eigenvalue weighted by atomic mass is 32.2. The molecule has 0 saturated carbocycles. The van der Waals surface area contributed by atoms with Crippen molar-refractivity contribution in [2.75, 3.05) is 0 Å². The Bertz CT molecular complexity index is 603. The average Bonchev–Trinajstić information content (AvgIpc) is 2.62. The third-order valence-electron chi connectivity index (χ3n) is 2.54. The number of pyridine rings is 1. The summed E-state index contributed by atoms with van der Waals surface area (Å²) in [5.74, 6) is 0.0386. The van der Waals surface area contributed by atoms with Crippen LogP contribution >= 0.6 is 11.8 Å². The normalized spacial score (nSPS) is 10.6. The monoisotopic (exact) mass is 261 g/mol. The molecule has 0 spiro atoms. The number of amidine groups is 1. The van der Waals surface area contributed by atoms with Crippen LogP contribution in [0.3, 0.4) is 0 Å². The summed E-state index contributed by atoms with van der Waals surface area (Å²) in [6.45, 7) is 3.80. The summed E-state index contributed by atoms with van der Waals surface area (Å²) < 4.78 is 1.93. The molecule has 0 aliphatic heterocycles. The summed E-state index contributed by atoms with van der Waals surface area (Å²) in [5.41, 5.74) is 8.01. The molecule has 0 aromatic carbocycles. The van der Waals surface area contributed by atoms with Crippen LogP contribution in [0.1, 0.15) is 17.0 Å². The zero-order valence-electron chi connectivity index (χ0n) is 10.6. The third kappa shape index (κ3) is 2.38. The number of nitrogen functional groups attached to an aromatic ring is 1. The summed E-state index contributed by atoms with van der Waals surface area (Å²) in [7, 11) is 1.93. The molecule has 0 fully saturated rings. The first kappa shape index (κ1) is 12.6. The summed E-state index contributed by atoms with van der Waals surface area (Å²) in [6, 6.07) is 1.93.